The first-order valence-corrected chi connectivity index (χ1v) is 6.94. The molecule has 1 atom stereocenters. The number of hydrazine groups is 1. The van der Waals surface area contributed by atoms with Gasteiger partial charge in [-0.15, -0.1) is 0 Å². The fraction of sp³-hybridized carbons (Fsp3) is 0.400. The number of aromatic nitrogens is 2. The fourth-order valence-corrected chi connectivity index (χ4v) is 2.36. The van der Waals surface area contributed by atoms with E-state index in [0.717, 1.165) is 24.4 Å². The molecule has 0 aliphatic heterocycles. The van der Waals surface area contributed by atoms with Gasteiger partial charge in [0.05, 0.1) is 14.2 Å². The van der Waals surface area contributed by atoms with Crippen LogP contribution in [0.4, 0.5) is 0 Å². The van der Waals surface area contributed by atoms with Crippen LogP contribution >= 0.6 is 0 Å². The molecule has 3 N–H and O–H groups in total. The average molecular weight is 290 g/mol. The predicted molar refractivity (Wildman–Crippen MR) is 81.2 cm³/mol. The van der Waals surface area contributed by atoms with E-state index < -0.39 is 0 Å². The Morgan fingerprint density at radius 3 is 2.67 bits per heavy atom. The van der Waals surface area contributed by atoms with Crippen molar-refractivity contribution in [3.63, 3.8) is 0 Å². The fourth-order valence-electron chi connectivity index (χ4n) is 2.36. The highest BCUT2D eigenvalue weighted by Gasteiger charge is 2.19. The van der Waals surface area contributed by atoms with Crippen molar-refractivity contribution in [3.8, 4) is 11.5 Å². The maximum absolute atomic E-state index is 5.75. The number of rotatable bonds is 7. The van der Waals surface area contributed by atoms with Crippen molar-refractivity contribution in [2.45, 2.75) is 25.9 Å². The Bertz CT molecular complexity index is 583. The van der Waals surface area contributed by atoms with Crippen molar-refractivity contribution in [3.05, 3.63) is 42.0 Å². The molecule has 2 aromatic rings. The summed E-state index contributed by atoms with van der Waals surface area (Å²) >= 11 is 0. The Morgan fingerprint density at radius 1 is 1.29 bits per heavy atom. The highest BCUT2D eigenvalue weighted by Crippen LogP contribution is 2.31. The van der Waals surface area contributed by atoms with Crippen LogP contribution in [0.15, 0.2) is 30.6 Å². The first kappa shape index (κ1) is 15.3. The third kappa shape index (κ3) is 3.17. The maximum Gasteiger partial charge on any atom is 0.161 e. The second kappa shape index (κ2) is 7.10. The molecule has 1 unspecified atom stereocenters. The van der Waals surface area contributed by atoms with Crippen LogP contribution in [0.1, 0.15) is 30.8 Å². The molecule has 0 aliphatic rings. The van der Waals surface area contributed by atoms with Gasteiger partial charge in [0.15, 0.2) is 11.5 Å². The molecule has 0 saturated heterocycles. The summed E-state index contributed by atoms with van der Waals surface area (Å²) in [5.74, 6) is 7.99. The summed E-state index contributed by atoms with van der Waals surface area (Å²) in [5.41, 5.74) is 3.80. The summed E-state index contributed by atoms with van der Waals surface area (Å²) in [7, 11) is 3.23. The minimum absolute atomic E-state index is 0.202. The number of imidazole rings is 1. The first-order chi connectivity index (χ1) is 10.2. The van der Waals surface area contributed by atoms with Gasteiger partial charge < -0.3 is 14.0 Å². The largest absolute Gasteiger partial charge is 0.493 e. The van der Waals surface area contributed by atoms with Gasteiger partial charge in [0, 0.05) is 18.9 Å². The lowest BCUT2D eigenvalue weighted by molar-refractivity contribution is 0.354. The lowest BCUT2D eigenvalue weighted by Gasteiger charge is -2.19. The van der Waals surface area contributed by atoms with Gasteiger partial charge in [-0.25, -0.2) is 10.4 Å². The minimum Gasteiger partial charge on any atom is -0.493 e. The van der Waals surface area contributed by atoms with E-state index in [0.29, 0.717) is 11.5 Å². The Hall–Kier alpha value is -2.05. The zero-order valence-electron chi connectivity index (χ0n) is 12.7. The van der Waals surface area contributed by atoms with Crippen molar-refractivity contribution in [1.29, 1.82) is 0 Å². The quantitative estimate of drug-likeness (QED) is 0.601. The second-order valence-electron chi connectivity index (χ2n) is 4.69. The van der Waals surface area contributed by atoms with E-state index in [2.05, 4.69) is 21.9 Å². The lowest BCUT2D eigenvalue weighted by Crippen LogP contribution is -2.31. The summed E-state index contributed by atoms with van der Waals surface area (Å²) in [4.78, 5) is 4.43. The van der Waals surface area contributed by atoms with Crippen molar-refractivity contribution >= 4 is 0 Å². The number of nitrogens with two attached hydrogens (primary N) is 1. The molecule has 0 spiro atoms. The summed E-state index contributed by atoms with van der Waals surface area (Å²) < 4.78 is 12.7. The van der Waals surface area contributed by atoms with E-state index in [-0.39, 0.29) is 6.04 Å². The molecular formula is C15H22N4O2. The molecular weight excluding hydrogens is 268 g/mol. The molecule has 0 fully saturated rings. The van der Waals surface area contributed by atoms with Gasteiger partial charge in [-0.3, -0.25) is 5.84 Å². The van der Waals surface area contributed by atoms with Crippen LogP contribution in [0.5, 0.6) is 11.5 Å². The average Bonchev–Trinajstić information content (AvgIpc) is 2.96. The number of hydrogen-bond donors (Lipinski definition) is 2. The van der Waals surface area contributed by atoms with Crippen molar-refractivity contribution in [2.24, 2.45) is 5.84 Å². The Morgan fingerprint density at radius 2 is 2.05 bits per heavy atom. The van der Waals surface area contributed by atoms with E-state index in [1.807, 2.05) is 24.4 Å². The zero-order valence-corrected chi connectivity index (χ0v) is 12.7. The summed E-state index contributed by atoms with van der Waals surface area (Å²) in [6, 6.07) is 5.53. The molecule has 6 nitrogen and oxygen atoms in total. The van der Waals surface area contributed by atoms with Crippen LogP contribution in [-0.2, 0) is 6.54 Å². The molecule has 1 aromatic heterocycles. The minimum atomic E-state index is -0.202. The van der Waals surface area contributed by atoms with Gasteiger partial charge >= 0.3 is 0 Å². The van der Waals surface area contributed by atoms with Gasteiger partial charge in [0.25, 0.3) is 0 Å². The second-order valence-corrected chi connectivity index (χ2v) is 4.69. The first-order valence-electron chi connectivity index (χ1n) is 6.94. The number of ether oxygens (including phenoxy) is 2. The number of hydrogen-bond acceptors (Lipinski definition) is 5. The normalized spacial score (nSPS) is 12.2. The van der Waals surface area contributed by atoms with E-state index in [1.54, 1.807) is 20.4 Å². The van der Waals surface area contributed by atoms with Crippen molar-refractivity contribution in [1.82, 2.24) is 15.0 Å². The van der Waals surface area contributed by atoms with Gasteiger partial charge in [0.1, 0.15) is 11.9 Å². The molecule has 0 radical (unpaired) electrons. The summed E-state index contributed by atoms with van der Waals surface area (Å²) in [6.45, 7) is 3.03. The molecule has 1 heterocycles. The van der Waals surface area contributed by atoms with E-state index in [9.17, 15) is 0 Å². The highest BCUT2D eigenvalue weighted by molar-refractivity contribution is 5.44. The van der Waals surface area contributed by atoms with Crippen LogP contribution < -0.4 is 20.7 Å². The van der Waals surface area contributed by atoms with Crippen molar-refractivity contribution < 1.29 is 9.47 Å². The number of methoxy groups -OCH3 is 2. The molecule has 0 aliphatic carbocycles. The van der Waals surface area contributed by atoms with Gasteiger partial charge in [-0.2, -0.15) is 0 Å². The smallest absolute Gasteiger partial charge is 0.161 e. The van der Waals surface area contributed by atoms with Crippen LogP contribution in [-0.4, -0.2) is 23.8 Å². The summed E-state index contributed by atoms with van der Waals surface area (Å²) in [6.07, 6.45) is 4.78. The zero-order chi connectivity index (χ0) is 15.2. The maximum atomic E-state index is 5.75. The number of nitrogens with zero attached hydrogens (tertiary/aromatic N) is 2. The lowest BCUT2D eigenvalue weighted by atomic mass is 10.1. The Balaban J connectivity index is 2.39. The van der Waals surface area contributed by atoms with Crippen LogP contribution in [0.3, 0.4) is 0 Å². The summed E-state index contributed by atoms with van der Waals surface area (Å²) in [5, 5.41) is 0. The van der Waals surface area contributed by atoms with Gasteiger partial charge in [-0.1, -0.05) is 13.0 Å². The Labute approximate surface area is 124 Å². The molecule has 0 saturated carbocycles. The monoisotopic (exact) mass is 290 g/mol. The third-order valence-corrected chi connectivity index (χ3v) is 3.38. The molecule has 2 rings (SSSR count). The SMILES string of the molecule is CCCn1ccnc1C(NN)c1ccc(OC)c(OC)c1. The van der Waals surface area contributed by atoms with E-state index >= 15 is 0 Å². The molecule has 1 aromatic carbocycles. The molecule has 0 amide bonds. The third-order valence-electron chi connectivity index (χ3n) is 3.38. The van der Waals surface area contributed by atoms with E-state index in [4.69, 9.17) is 15.3 Å². The van der Waals surface area contributed by atoms with Gasteiger partial charge in [-0.05, 0) is 24.1 Å². The van der Waals surface area contributed by atoms with Crippen LogP contribution in [0, 0.1) is 0 Å². The number of nitrogens with one attached hydrogen (secondary N) is 1. The Kier molecular flexibility index (Phi) is 5.19. The standard InChI is InChI=1S/C15H22N4O2/c1-4-8-19-9-7-17-15(19)14(18-16)11-5-6-12(20-2)13(10-11)21-3/h5-7,9-10,14,18H,4,8,16H2,1-3H3. The highest BCUT2D eigenvalue weighted by atomic mass is 16.5. The topological polar surface area (TPSA) is 74.3 Å². The molecule has 6 heteroatoms. The predicted octanol–water partition coefficient (Wildman–Crippen LogP) is 1.86. The van der Waals surface area contributed by atoms with Crippen LogP contribution in [0.25, 0.3) is 0 Å². The van der Waals surface area contributed by atoms with Gasteiger partial charge in [0.2, 0.25) is 0 Å². The van der Waals surface area contributed by atoms with Crippen LogP contribution in [0.2, 0.25) is 0 Å². The number of aryl methyl sites for hydroxylation is 1. The number of benzene rings is 1. The molecule has 114 valence electrons. The van der Waals surface area contributed by atoms with Crippen molar-refractivity contribution in [2.75, 3.05) is 14.2 Å². The molecule has 0 bridgehead atoms. The molecule has 21 heavy (non-hydrogen) atoms. The van der Waals surface area contributed by atoms with E-state index in [1.165, 1.54) is 0 Å².